The summed E-state index contributed by atoms with van der Waals surface area (Å²) in [5.41, 5.74) is 1.45. The molecule has 0 spiro atoms. The van der Waals surface area contributed by atoms with Crippen molar-refractivity contribution in [2.24, 2.45) is 0 Å². The molecular weight excluding hydrogens is 395 g/mol. The maximum atomic E-state index is 12.9. The van der Waals surface area contributed by atoms with Crippen molar-refractivity contribution in [2.45, 2.75) is 13.5 Å². The van der Waals surface area contributed by atoms with Crippen LogP contribution in [0.3, 0.4) is 0 Å². The fourth-order valence-electron chi connectivity index (χ4n) is 2.63. The number of halogens is 1. The lowest BCUT2D eigenvalue weighted by Gasteiger charge is -2.21. The highest BCUT2D eigenvalue weighted by Crippen LogP contribution is 2.28. The SMILES string of the molecule is CCN(Cc1ccc(OC)c(OC)c1)C(=O)CSCC(=O)Nc1ccc(F)cc1. The molecule has 6 nitrogen and oxygen atoms in total. The summed E-state index contributed by atoms with van der Waals surface area (Å²) in [4.78, 5) is 26.2. The van der Waals surface area contributed by atoms with Crippen LogP contribution < -0.4 is 14.8 Å². The summed E-state index contributed by atoms with van der Waals surface area (Å²) < 4.78 is 23.4. The van der Waals surface area contributed by atoms with E-state index in [1.165, 1.54) is 36.0 Å². The monoisotopic (exact) mass is 420 g/mol. The van der Waals surface area contributed by atoms with Crippen molar-refractivity contribution in [3.05, 3.63) is 53.8 Å². The molecule has 0 atom stereocenters. The van der Waals surface area contributed by atoms with E-state index in [0.29, 0.717) is 30.3 Å². The van der Waals surface area contributed by atoms with Gasteiger partial charge in [0.05, 0.1) is 25.7 Å². The smallest absolute Gasteiger partial charge is 0.234 e. The molecule has 0 bridgehead atoms. The van der Waals surface area contributed by atoms with E-state index in [1.54, 1.807) is 25.2 Å². The van der Waals surface area contributed by atoms with Gasteiger partial charge < -0.3 is 19.7 Å². The van der Waals surface area contributed by atoms with Gasteiger partial charge in [0.25, 0.3) is 0 Å². The summed E-state index contributed by atoms with van der Waals surface area (Å²) in [5.74, 6) is 0.916. The highest BCUT2D eigenvalue weighted by atomic mass is 32.2. The van der Waals surface area contributed by atoms with Gasteiger partial charge in [-0.3, -0.25) is 9.59 Å². The van der Waals surface area contributed by atoms with E-state index in [1.807, 2.05) is 19.1 Å². The van der Waals surface area contributed by atoms with Crippen LogP contribution in [0.4, 0.5) is 10.1 Å². The number of hydrogen-bond donors (Lipinski definition) is 1. The number of methoxy groups -OCH3 is 2. The Morgan fingerprint density at radius 2 is 1.72 bits per heavy atom. The maximum Gasteiger partial charge on any atom is 0.234 e. The van der Waals surface area contributed by atoms with Gasteiger partial charge in [0.1, 0.15) is 5.82 Å². The summed E-state index contributed by atoms with van der Waals surface area (Å²) in [7, 11) is 3.14. The van der Waals surface area contributed by atoms with Crippen molar-refractivity contribution in [1.82, 2.24) is 4.90 Å². The normalized spacial score (nSPS) is 10.3. The predicted molar refractivity (Wildman–Crippen MR) is 113 cm³/mol. The molecule has 0 fully saturated rings. The van der Waals surface area contributed by atoms with Crippen LogP contribution in [0.1, 0.15) is 12.5 Å². The Morgan fingerprint density at radius 3 is 2.34 bits per heavy atom. The first-order valence-electron chi connectivity index (χ1n) is 9.08. The number of nitrogens with one attached hydrogen (secondary N) is 1. The number of amides is 2. The summed E-state index contributed by atoms with van der Waals surface area (Å²) in [6.07, 6.45) is 0. The van der Waals surface area contributed by atoms with Crippen molar-refractivity contribution in [3.8, 4) is 11.5 Å². The van der Waals surface area contributed by atoms with Gasteiger partial charge in [0, 0.05) is 18.8 Å². The molecule has 2 aromatic rings. The summed E-state index contributed by atoms with van der Waals surface area (Å²) >= 11 is 1.24. The average Bonchev–Trinajstić information content (AvgIpc) is 2.73. The largest absolute Gasteiger partial charge is 0.493 e. The summed E-state index contributed by atoms with van der Waals surface area (Å²) in [6, 6.07) is 11.1. The lowest BCUT2D eigenvalue weighted by atomic mass is 10.2. The van der Waals surface area contributed by atoms with Crippen LogP contribution >= 0.6 is 11.8 Å². The molecular formula is C21H25FN2O4S. The van der Waals surface area contributed by atoms with Crippen LogP contribution in [0.5, 0.6) is 11.5 Å². The lowest BCUT2D eigenvalue weighted by molar-refractivity contribution is -0.128. The van der Waals surface area contributed by atoms with Gasteiger partial charge in [0.2, 0.25) is 11.8 Å². The average molecular weight is 421 g/mol. The number of thioether (sulfide) groups is 1. The predicted octanol–water partition coefficient (Wildman–Crippen LogP) is 3.56. The van der Waals surface area contributed by atoms with Gasteiger partial charge in [-0.2, -0.15) is 0 Å². The number of rotatable bonds is 10. The lowest BCUT2D eigenvalue weighted by Crippen LogP contribution is -2.32. The fraction of sp³-hybridized carbons (Fsp3) is 0.333. The van der Waals surface area contributed by atoms with Crippen molar-refractivity contribution >= 4 is 29.3 Å². The molecule has 0 aliphatic rings. The van der Waals surface area contributed by atoms with Crippen molar-refractivity contribution in [3.63, 3.8) is 0 Å². The molecule has 0 aliphatic carbocycles. The first-order valence-corrected chi connectivity index (χ1v) is 10.2. The Kier molecular flexibility index (Phi) is 8.79. The van der Waals surface area contributed by atoms with Gasteiger partial charge in [-0.25, -0.2) is 4.39 Å². The van der Waals surface area contributed by atoms with E-state index >= 15 is 0 Å². The molecule has 0 saturated heterocycles. The minimum absolute atomic E-state index is 0.0538. The van der Waals surface area contributed by atoms with Crippen LogP contribution in [0, 0.1) is 5.82 Å². The molecule has 1 N–H and O–H groups in total. The second-order valence-electron chi connectivity index (χ2n) is 6.15. The Morgan fingerprint density at radius 1 is 1.03 bits per heavy atom. The zero-order chi connectivity index (χ0) is 21.2. The number of carbonyl (C=O) groups excluding carboxylic acids is 2. The van der Waals surface area contributed by atoms with E-state index < -0.39 is 0 Å². The number of hydrogen-bond acceptors (Lipinski definition) is 5. The molecule has 29 heavy (non-hydrogen) atoms. The van der Waals surface area contributed by atoms with Crippen LogP contribution in [0.15, 0.2) is 42.5 Å². The molecule has 0 unspecified atom stereocenters. The quantitative estimate of drug-likeness (QED) is 0.637. The molecule has 2 rings (SSSR count). The molecule has 0 saturated carbocycles. The van der Waals surface area contributed by atoms with Gasteiger partial charge in [0.15, 0.2) is 11.5 Å². The Balaban J connectivity index is 1.83. The number of anilines is 1. The van der Waals surface area contributed by atoms with Crippen LogP contribution in [-0.4, -0.2) is 49.0 Å². The Labute approximate surface area is 174 Å². The molecule has 0 radical (unpaired) electrons. The summed E-state index contributed by atoms with van der Waals surface area (Å²) in [5, 5.41) is 2.67. The third-order valence-corrected chi connectivity index (χ3v) is 5.06. The molecule has 8 heteroatoms. The van der Waals surface area contributed by atoms with Gasteiger partial charge in [-0.05, 0) is 48.9 Å². The highest BCUT2D eigenvalue weighted by molar-refractivity contribution is 8.00. The fourth-order valence-corrected chi connectivity index (χ4v) is 3.35. The summed E-state index contributed by atoms with van der Waals surface area (Å²) in [6.45, 7) is 2.90. The Bertz CT molecular complexity index is 830. The van der Waals surface area contributed by atoms with E-state index in [0.717, 1.165) is 5.56 Å². The van der Waals surface area contributed by atoms with E-state index in [2.05, 4.69) is 5.32 Å². The molecule has 156 valence electrons. The second-order valence-corrected chi connectivity index (χ2v) is 7.13. The topological polar surface area (TPSA) is 67.9 Å². The van der Waals surface area contributed by atoms with E-state index in [9.17, 15) is 14.0 Å². The number of benzene rings is 2. The zero-order valence-corrected chi connectivity index (χ0v) is 17.6. The molecule has 0 heterocycles. The third kappa shape index (κ3) is 6.98. The van der Waals surface area contributed by atoms with Crippen LogP contribution in [0.25, 0.3) is 0 Å². The van der Waals surface area contributed by atoms with Crippen molar-refractivity contribution < 1.29 is 23.5 Å². The molecule has 2 amide bonds. The third-order valence-electron chi connectivity index (χ3n) is 4.14. The Hall–Kier alpha value is -2.74. The van der Waals surface area contributed by atoms with Gasteiger partial charge in [-0.15, -0.1) is 11.8 Å². The van der Waals surface area contributed by atoms with E-state index in [-0.39, 0.29) is 29.1 Å². The van der Waals surface area contributed by atoms with Crippen LogP contribution in [0.2, 0.25) is 0 Å². The number of nitrogens with zero attached hydrogens (tertiary/aromatic N) is 1. The highest BCUT2D eigenvalue weighted by Gasteiger charge is 2.15. The first-order chi connectivity index (χ1) is 14.0. The first kappa shape index (κ1) is 22.5. The van der Waals surface area contributed by atoms with Crippen molar-refractivity contribution in [2.75, 3.05) is 37.6 Å². The minimum Gasteiger partial charge on any atom is -0.493 e. The molecule has 0 aliphatic heterocycles. The maximum absolute atomic E-state index is 12.9. The van der Waals surface area contributed by atoms with Crippen LogP contribution in [-0.2, 0) is 16.1 Å². The second kappa shape index (κ2) is 11.3. The number of carbonyl (C=O) groups is 2. The number of ether oxygens (including phenoxy) is 2. The van der Waals surface area contributed by atoms with E-state index in [4.69, 9.17) is 9.47 Å². The standard InChI is InChI=1S/C21H25FN2O4S/c1-4-24(12-15-5-10-18(27-2)19(11-15)28-3)21(26)14-29-13-20(25)23-17-8-6-16(22)7-9-17/h5-11H,4,12-14H2,1-3H3,(H,23,25). The molecule has 0 aromatic heterocycles. The van der Waals surface area contributed by atoms with Gasteiger partial charge in [-0.1, -0.05) is 6.07 Å². The molecule has 2 aromatic carbocycles. The van der Waals surface area contributed by atoms with Crippen molar-refractivity contribution in [1.29, 1.82) is 0 Å². The zero-order valence-electron chi connectivity index (χ0n) is 16.7. The van der Waals surface area contributed by atoms with Gasteiger partial charge >= 0.3 is 0 Å². The minimum atomic E-state index is -0.364.